The highest BCUT2D eigenvalue weighted by Crippen LogP contribution is 2.37. The van der Waals surface area contributed by atoms with Gasteiger partial charge in [0.25, 0.3) is 11.5 Å². The van der Waals surface area contributed by atoms with E-state index in [1.165, 1.54) is 19.3 Å². The summed E-state index contributed by atoms with van der Waals surface area (Å²) >= 11 is 6.73. The molecule has 1 aliphatic rings. The van der Waals surface area contributed by atoms with Crippen LogP contribution in [0.2, 0.25) is 5.02 Å². The van der Waals surface area contributed by atoms with Crippen LogP contribution in [0.3, 0.4) is 0 Å². The van der Waals surface area contributed by atoms with Crippen molar-refractivity contribution in [2.24, 2.45) is 0 Å². The number of fused-ring (bicyclic) bond motifs is 1. The zero-order chi connectivity index (χ0) is 35.1. The first kappa shape index (κ1) is 37.9. The minimum atomic E-state index is -5.19. The van der Waals surface area contributed by atoms with Crippen LogP contribution in [0, 0.1) is 13.8 Å². The monoisotopic (exact) mass is 679 g/mol. The molecule has 3 unspecified atom stereocenters. The molecule has 4 rings (SSSR count). The smallest absolute Gasteiger partial charge is 0.430 e. The van der Waals surface area contributed by atoms with Crippen molar-refractivity contribution < 1.29 is 37.9 Å². The molecule has 2 heterocycles. The van der Waals surface area contributed by atoms with Gasteiger partial charge in [0.2, 0.25) is 0 Å². The second kappa shape index (κ2) is 16.5. The van der Waals surface area contributed by atoms with E-state index < -0.39 is 12.1 Å². The number of nitrogens with zero attached hydrogens (tertiary/aromatic N) is 1. The molecule has 0 radical (unpaired) electrons. The highest BCUT2D eigenvalue weighted by Gasteiger charge is 2.29. The normalized spacial score (nSPS) is 16.2. The first-order valence-corrected chi connectivity index (χ1v) is 16.5. The Balaban J connectivity index is 0.000000771. The number of carboxylic acid groups (broad SMARTS) is 1. The van der Waals surface area contributed by atoms with Crippen LogP contribution in [0.1, 0.15) is 87.7 Å². The van der Waals surface area contributed by atoms with Gasteiger partial charge in [0.05, 0.1) is 40.9 Å². The van der Waals surface area contributed by atoms with Crippen LogP contribution in [0.25, 0.3) is 22.0 Å². The molecule has 1 amide bonds. The molecule has 1 saturated heterocycles. The van der Waals surface area contributed by atoms with Gasteiger partial charge >= 0.3 is 6.18 Å². The first-order chi connectivity index (χ1) is 22.1. The molecule has 1 fully saturated rings. The van der Waals surface area contributed by atoms with E-state index in [9.17, 15) is 22.8 Å². The molecule has 0 aliphatic carbocycles. The number of quaternary nitrogens is 1. The van der Waals surface area contributed by atoms with E-state index >= 15 is 0 Å². The highest BCUT2D eigenvalue weighted by molar-refractivity contribution is 6.34. The van der Waals surface area contributed by atoms with Gasteiger partial charge < -0.3 is 29.8 Å². The first-order valence-electron chi connectivity index (χ1n) is 16.1. The summed E-state index contributed by atoms with van der Waals surface area (Å²) in [5.74, 6) is -2.59. The number of amides is 1. The number of halogens is 4. The summed E-state index contributed by atoms with van der Waals surface area (Å²) in [6.07, 6.45) is 1.08. The van der Waals surface area contributed by atoms with Gasteiger partial charge in [-0.3, -0.25) is 9.59 Å². The highest BCUT2D eigenvalue weighted by atomic mass is 35.5. The molecular weight excluding hydrogens is 635 g/mol. The number of piperidine rings is 1. The number of carboxylic acids is 1. The average Bonchev–Trinajstić information content (AvgIpc) is 3.00. The number of aliphatic carboxylic acids is 1. The Morgan fingerprint density at radius 1 is 1.06 bits per heavy atom. The fourth-order valence-corrected chi connectivity index (χ4v) is 6.19. The van der Waals surface area contributed by atoms with Crippen molar-refractivity contribution in [1.82, 2.24) is 9.88 Å². The van der Waals surface area contributed by atoms with E-state index in [1.807, 2.05) is 36.9 Å². The molecule has 0 bridgehead atoms. The maximum atomic E-state index is 14.0. The van der Waals surface area contributed by atoms with Gasteiger partial charge in [-0.05, 0) is 77.5 Å². The van der Waals surface area contributed by atoms with Crippen LogP contribution in [-0.2, 0) is 4.79 Å². The summed E-state index contributed by atoms with van der Waals surface area (Å²) in [4.78, 5) is 41.3. The number of aromatic amines is 1. The summed E-state index contributed by atoms with van der Waals surface area (Å²) < 4.78 is 38.1. The summed E-state index contributed by atoms with van der Waals surface area (Å²) in [7, 11) is 0. The lowest BCUT2D eigenvalue weighted by Crippen LogP contribution is -2.91. The van der Waals surface area contributed by atoms with Crippen LogP contribution in [-0.4, -0.2) is 59.2 Å². The van der Waals surface area contributed by atoms with Crippen LogP contribution < -0.4 is 20.7 Å². The van der Waals surface area contributed by atoms with E-state index in [4.69, 9.17) is 26.2 Å². The van der Waals surface area contributed by atoms with Crippen molar-refractivity contribution in [3.63, 3.8) is 0 Å². The molecule has 3 aromatic rings. The number of ether oxygens (including phenoxy) is 1. The standard InChI is InChI=1S/C33H44ClN3O3.C2HF3O2/c1-7-22(5)37(23(6)8-2)33(39)26-18-27-29(19-28(26)34)36-32(38)30(24-16-20(3)15-21(4)17-24)31(27)40-14-12-25-11-9-10-13-35-25;3-2(4,5)1(6)7/h15-19,22-23,25,35H,7-14H2,1-6H3,(H,36,38);(H,6,7). The van der Waals surface area contributed by atoms with Crippen molar-refractivity contribution in [2.75, 3.05) is 13.2 Å². The number of carbonyl (C=O) groups excluding carboxylic acids is 2. The Morgan fingerprint density at radius 2 is 1.66 bits per heavy atom. The number of hydrogen-bond donors (Lipinski definition) is 2. The summed E-state index contributed by atoms with van der Waals surface area (Å²) in [6.45, 7) is 14.0. The Bertz CT molecular complexity index is 1590. The Hall–Kier alpha value is -3.57. The number of nitrogens with two attached hydrogens (primary N) is 1. The van der Waals surface area contributed by atoms with Gasteiger partial charge in [-0.15, -0.1) is 0 Å². The number of carbonyl (C=O) groups is 2. The minimum absolute atomic E-state index is 0.0677. The van der Waals surface area contributed by atoms with Crippen molar-refractivity contribution in [1.29, 1.82) is 0 Å². The lowest BCUT2D eigenvalue weighted by atomic mass is 9.98. The molecule has 1 aromatic heterocycles. The Morgan fingerprint density at radius 3 is 2.17 bits per heavy atom. The fraction of sp³-hybridized carbons (Fsp3) is 0.514. The maximum absolute atomic E-state index is 14.0. The number of nitrogens with one attached hydrogen (secondary N) is 1. The van der Waals surface area contributed by atoms with E-state index in [0.29, 0.717) is 45.5 Å². The number of aryl methyl sites for hydroxylation is 2. The van der Waals surface area contributed by atoms with Crippen molar-refractivity contribution in [2.45, 2.75) is 104 Å². The minimum Gasteiger partial charge on any atom is -0.542 e. The van der Waals surface area contributed by atoms with Gasteiger partial charge in [-0.25, -0.2) is 0 Å². The van der Waals surface area contributed by atoms with Gasteiger partial charge in [0.1, 0.15) is 11.7 Å². The molecule has 12 heteroatoms. The molecule has 258 valence electrons. The van der Waals surface area contributed by atoms with Crippen LogP contribution in [0.4, 0.5) is 13.2 Å². The average molecular weight is 680 g/mol. The summed E-state index contributed by atoms with van der Waals surface area (Å²) in [5.41, 5.74) is 4.21. The van der Waals surface area contributed by atoms with Gasteiger partial charge in [0, 0.05) is 23.9 Å². The second-order valence-electron chi connectivity index (χ2n) is 12.3. The third-order valence-corrected chi connectivity index (χ3v) is 8.97. The summed E-state index contributed by atoms with van der Waals surface area (Å²) in [5, 5.41) is 12.2. The topological polar surface area (TPSA) is 119 Å². The molecule has 2 aromatic carbocycles. The Kier molecular flexibility index (Phi) is 13.3. The van der Waals surface area contributed by atoms with Crippen LogP contribution in [0.5, 0.6) is 5.75 Å². The number of pyridine rings is 1. The van der Waals surface area contributed by atoms with Crippen LogP contribution in [0.15, 0.2) is 35.1 Å². The maximum Gasteiger partial charge on any atom is 0.430 e. The summed E-state index contributed by atoms with van der Waals surface area (Å²) in [6, 6.07) is 10.3. The molecule has 3 atom stereocenters. The van der Waals surface area contributed by atoms with Gasteiger partial charge in [-0.1, -0.05) is 54.8 Å². The number of hydrogen-bond acceptors (Lipinski definition) is 5. The zero-order valence-electron chi connectivity index (χ0n) is 27.9. The molecule has 47 heavy (non-hydrogen) atoms. The quantitative estimate of drug-likeness (QED) is 0.286. The molecule has 3 N–H and O–H groups in total. The SMILES string of the molecule is CCC(C)N(C(=O)c1cc2c(OCCC3CCCC[NH2+]3)c(-c3cc(C)cc(C)c3)c(=O)[nH]c2cc1Cl)C(C)CC.O=C([O-])C(F)(F)F. The third kappa shape index (κ3) is 9.73. The molecular formula is C35H45ClF3N3O5. The number of H-pyrrole nitrogens is 1. The predicted octanol–water partition coefficient (Wildman–Crippen LogP) is 5.69. The van der Waals surface area contributed by atoms with Gasteiger partial charge in [0.15, 0.2) is 0 Å². The van der Waals surface area contributed by atoms with Crippen molar-refractivity contribution in [3.8, 4) is 16.9 Å². The molecule has 0 saturated carbocycles. The number of rotatable bonds is 10. The van der Waals surface area contributed by atoms with E-state index in [2.05, 4.69) is 44.1 Å². The third-order valence-electron chi connectivity index (χ3n) is 8.66. The lowest BCUT2D eigenvalue weighted by Gasteiger charge is -2.34. The van der Waals surface area contributed by atoms with Crippen molar-refractivity contribution >= 4 is 34.4 Å². The molecule has 8 nitrogen and oxygen atoms in total. The largest absolute Gasteiger partial charge is 0.542 e. The number of benzene rings is 2. The van der Waals surface area contributed by atoms with Crippen LogP contribution >= 0.6 is 11.6 Å². The fourth-order valence-electron chi connectivity index (χ4n) is 5.95. The van der Waals surface area contributed by atoms with E-state index in [1.54, 1.807) is 6.07 Å². The van der Waals surface area contributed by atoms with E-state index in [0.717, 1.165) is 42.5 Å². The Labute approximate surface area is 278 Å². The zero-order valence-corrected chi connectivity index (χ0v) is 28.6. The second-order valence-corrected chi connectivity index (χ2v) is 12.7. The van der Waals surface area contributed by atoms with Crippen molar-refractivity contribution in [3.05, 3.63) is 62.4 Å². The van der Waals surface area contributed by atoms with E-state index in [-0.39, 0.29) is 23.6 Å². The lowest BCUT2D eigenvalue weighted by molar-refractivity contribution is -0.698. The molecule has 0 spiro atoms. The number of alkyl halides is 3. The predicted molar refractivity (Wildman–Crippen MR) is 176 cm³/mol. The van der Waals surface area contributed by atoms with Gasteiger partial charge in [-0.2, -0.15) is 13.2 Å². The number of aromatic nitrogens is 1. The molecule has 1 aliphatic heterocycles.